The van der Waals surface area contributed by atoms with Crippen molar-refractivity contribution in [3.05, 3.63) is 72.8 Å². The summed E-state index contributed by atoms with van der Waals surface area (Å²) in [4.78, 5) is 0. The van der Waals surface area contributed by atoms with Crippen molar-refractivity contribution < 1.29 is 18.3 Å². The Balaban J connectivity index is 1.91. The summed E-state index contributed by atoms with van der Waals surface area (Å²) in [6.45, 7) is 22.3. The average molecular weight is 523 g/mol. The van der Waals surface area contributed by atoms with Crippen LogP contribution in [0.2, 0.25) is 36.3 Å². The van der Waals surface area contributed by atoms with Crippen LogP contribution in [-0.4, -0.2) is 16.6 Å². The Morgan fingerprint density at radius 3 is 0.889 bits per heavy atom. The van der Waals surface area contributed by atoms with Crippen LogP contribution in [0, 0.1) is 0 Å². The molecule has 0 unspecified atom stereocenters. The number of ether oxygens (including phenoxy) is 2. The maximum absolute atomic E-state index is 6.59. The number of hydrogen-bond donors (Lipinski definition) is 0. The van der Waals surface area contributed by atoms with E-state index in [9.17, 15) is 0 Å². The molecule has 0 aromatic heterocycles. The lowest BCUT2D eigenvalue weighted by Gasteiger charge is -2.37. The number of hydrogen-bond acceptors (Lipinski definition) is 4. The summed E-state index contributed by atoms with van der Waals surface area (Å²) >= 11 is 0. The van der Waals surface area contributed by atoms with Crippen LogP contribution >= 0.6 is 0 Å². The fourth-order valence-corrected chi connectivity index (χ4v) is 5.00. The largest absolute Gasteiger partial charge is 0.541 e. The summed E-state index contributed by atoms with van der Waals surface area (Å²) in [5.41, 5.74) is 0. The first-order chi connectivity index (χ1) is 16.6. The summed E-state index contributed by atoms with van der Waals surface area (Å²) < 4.78 is 26.0. The van der Waals surface area contributed by atoms with Crippen LogP contribution in [0.3, 0.4) is 0 Å². The standard InChI is InChI=1S/C30H42O4Si2/c1-29(2,3)35(7,8)33-27-21-15-13-19-25(27)31-23-17-11-12-18-24(23)32-26-20-14-16-22-28(26)34-36(9,10)30(4,5)6/h11-22H,1-10H3. The molecule has 0 spiro atoms. The zero-order valence-corrected chi connectivity index (χ0v) is 25.6. The van der Waals surface area contributed by atoms with E-state index >= 15 is 0 Å². The van der Waals surface area contributed by atoms with Crippen molar-refractivity contribution in [2.45, 2.75) is 77.8 Å². The zero-order valence-electron chi connectivity index (χ0n) is 23.6. The highest BCUT2D eigenvalue weighted by molar-refractivity contribution is 6.75. The molecule has 0 heterocycles. The summed E-state index contributed by atoms with van der Waals surface area (Å²) in [5.74, 6) is 4.08. The number of rotatable bonds is 8. The maximum Gasteiger partial charge on any atom is 0.250 e. The van der Waals surface area contributed by atoms with Gasteiger partial charge < -0.3 is 18.3 Å². The van der Waals surface area contributed by atoms with Crippen LogP contribution in [0.1, 0.15) is 41.5 Å². The van der Waals surface area contributed by atoms with E-state index in [0.29, 0.717) is 23.0 Å². The minimum absolute atomic E-state index is 0.0784. The second kappa shape index (κ2) is 10.3. The minimum atomic E-state index is -2.04. The van der Waals surface area contributed by atoms with Gasteiger partial charge in [0.1, 0.15) is 11.5 Å². The molecule has 0 amide bonds. The fraction of sp³-hybridized carbons (Fsp3) is 0.400. The third kappa shape index (κ3) is 6.53. The molecular formula is C30H42O4Si2. The van der Waals surface area contributed by atoms with Crippen molar-refractivity contribution in [3.63, 3.8) is 0 Å². The number of benzene rings is 3. The van der Waals surface area contributed by atoms with Crippen molar-refractivity contribution in [2.24, 2.45) is 0 Å². The highest BCUT2D eigenvalue weighted by atomic mass is 28.4. The highest BCUT2D eigenvalue weighted by Gasteiger charge is 2.40. The third-order valence-corrected chi connectivity index (χ3v) is 16.0. The summed E-state index contributed by atoms with van der Waals surface area (Å²) in [7, 11) is -4.08. The molecular weight excluding hydrogens is 480 g/mol. The van der Waals surface area contributed by atoms with E-state index in [4.69, 9.17) is 18.3 Å². The Hall–Kier alpha value is -2.71. The van der Waals surface area contributed by atoms with Gasteiger partial charge in [0, 0.05) is 0 Å². The van der Waals surface area contributed by atoms with Gasteiger partial charge in [-0.2, -0.15) is 0 Å². The lowest BCUT2D eigenvalue weighted by molar-refractivity contribution is 0.389. The third-order valence-electron chi connectivity index (χ3n) is 7.33. The molecule has 0 radical (unpaired) electrons. The molecule has 3 aromatic carbocycles. The first-order valence-electron chi connectivity index (χ1n) is 12.6. The van der Waals surface area contributed by atoms with Gasteiger partial charge in [0.25, 0.3) is 16.6 Å². The van der Waals surface area contributed by atoms with Gasteiger partial charge >= 0.3 is 0 Å². The van der Waals surface area contributed by atoms with E-state index in [1.807, 2.05) is 72.8 Å². The smallest absolute Gasteiger partial charge is 0.250 e. The molecule has 36 heavy (non-hydrogen) atoms. The molecule has 0 aliphatic rings. The Morgan fingerprint density at radius 2 is 0.639 bits per heavy atom. The first kappa shape index (κ1) is 27.9. The van der Waals surface area contributed by atoms with Crippen LogP contribution < -0.4 is 18.3 Å². The van der Waals surface area contributed by atoms with Crippen molar-refractivity contribution in [1.82, 2.24) is 0 Å². The van der Waals surface area contributed by atoms with E-state index in [0.717, 1.165) is 11.5 Å². The first-order valence-corrected chi connectivity index (χ1v) is 18.4. The fourth-order valence-electron chi connectivity index (χ4n) is 2.95. The second-order valence-corrected chi connectivity index (χ2v) is 21.7. The van der Waals surface area contributed by atoms with Gasteiger partial charge in [-0.05, 0) is 72.7 Å². The molecule has 0 N–H and O–H groups in total. The van der Waals surface area contributed by atoms with Gasteiger partial charge in [0.05, 0.1) is 0 Å². The van der Waals surface area contributed by atoms with Crippen LogP contribution in [0.5, 0.6) is 34.5 Å². The average Bonchev–Trinajstić information content (AvgIpc) is 2.76. The molecule has 6 heteroatoms. The molecule has 0 bridgehead atoms. The second-order valence-electron chi connectivity index (χ2n) is 12.3. The van der Waals surface area contributed by atoms with Crippen LogP contribution in [0.15, 0.2) is 72.8 Å². The lowest BCUT2D eigenvalue weighted by atomic mass is 10.2. The van der Waals surface area contributed by atoms with Crippen LogP contribution in [0.25, 0.3) is 0 Å². The van der Waals surface area contributed by atoms with E-state index in [2.05, 4.69) is 67.7 Å². The SMILES string of the molecule is CC(C)(C)[Si](C)(C)Oc1ccccc1Oc1ccccc1Oc1ccccc1O[Si](C)(C)C(C)(C)C. The van der Waals surface area contributed by atoms with Crippen molar-refractivity contribution in [2.75, 3.05) is 0 Å². The van der Waals surface area contributed by atoms with Crippen LogP contribution in [0.4, 0.5) is 0 Å². The van der Waals surface area contributed by atoms with Crippen molar-refractivity contribution >= 4 is 16.6 Å². The van der Waals surface area contributed by atoms with Gasteiger partial charge in [-0.15, -0.1) is 0 Å². The molecule has 0 saturated heterocycles. The molecule has 3 aromatic rings. The molecule has 3 rings (SSSR count). The monoisotopic (exact) mass is 522 g/mol. The molecule has 0 atom stereocenters. The predicted molar refractivity (Wildman–Crippen MR) is 155 cm³/mol. The molecule has 194 valence electrons. The van der Waals surface area contributed by atoms with Crippen molar-refractivity contribution in [3.8, 4) is 34.5 Å². The molecule has 0 saturated carbocycles. The van der Waals surface area contributed by atoms with E-state index in [1.54, 1.807) is 0 Å². The molecule has 4 nitrogen and oxygen atoms in total. The van der Waals surface area contributed by atoms with Gasteiger partial charge in [-0.25, -0.2) is 0 Å². The van der Waals surface area contributed by atoms with E-state index in [-0.39, 0.29) is 10.1 Å². The summed E-state index contributed by atoms with van der Waals surface area (Å²) in [6.07, 6.45) is 0. The minimum Gasteiger partial charge on any atom is -0.541 e. The zero-order chi connectivity index (χ0) is 26.8. The molecule has 0 aliphatic heterocycles. The topological polar surface area (TPSA) is 36.9 Å². The summed E-state index contributed by atoms with van der Waals surface area (Å²) in [6, 6.07) is 23.4. The Labute approximate surface area is 219 Å². The Bertz CT molecular complexity index is 1080. The molecule has 0 aliphatic carbocycles. The highest BCUT2D eigenvalue weighted by Crippen LogP contribution is 2.45. The van der Waals surface area contributed by atoms with Crippen LogP contribution in [-0.2, 0) is 0 Å². The Morgan fingerprint density at radius 1 is 0.417 bits per heavy atom. The normalized spacial score (nSPS) is 12.7. The maximum atomic E-state index is 6.59. The van der Waals surface area contributed by atoms with E-state index < -0.39 is 16.6 Å². The molecule has 0 fully saturated rings. The van der Waals surface area contributed by atoms with Crippen molar-refractivity contribution in [1.29, 1.82) is 0 Å². The Kier molecular flexibility index (Phi) is 8.01. The summed E-state index contributed by atoms with van der Waals surface area (Å²) in [5, 5.41) is 0.157. The quantitative estimate of drug-likeness (QED) is 0.276. The van der Waals surface area contributed by atoms with Gasteiger partial charge in [0.2, 0.25) is 0 Å². The van der Waals surface area contributed by atoms with Gasteiger partial charge in [-0.1, -0.05) is 77.9 Å². The van der Waals surface area contributed by atoms with Gasteiger partial charge in [-0.3, -0.25) is 0 Å². The van der Waals surface area contributed by atoms with E-state index in [1.165, 1.54) is 0 Å². The van der Waals surface area contributed by atoms with Gasteiger partial charge in [0.15, 0.2) is 23.0 Å². The number of para-hydroxylation sites is 6. The lowest BCUT2D eigenvalue weighted by Crippen LogP contribution is -2.43. The predicted octanol–water partition coefficient (Wildman–Crippen LogP) is 10.0.